The minimum absolute atomic E-state index is 0.719. The molecule has 0 aliphatic carbocycles. The fraction of sp³-hybridized carbons (Fsp3) is 1.00. The first-order valence-corrected chi connectivity index (χ1v) is 5.22. The monoisotopic (exact) mass is 170 g/mol. The van der Waals surface area contributed by atoms with Gasteiger partial charge in [-0.15, -0.1) is 0 Å². The standard InChI is InChI=1S/C10H22N2/c1-4-11-8-10-6-5-7-12(10)9(2)3/h9-11H,4-8H2,1-3H3/t10-/m1/s1. The van der Waals surface area contributed by atoms with Crippen LogP contribution in [0.25, 0.3) is 0 Å². The first-order chi connectivity index (χ1) is 5.75. The molecule has 0 saturated carbocycles. The van der Waals surface area contributed by atoms with Gasteiger partial charge in [-0.3, -0.25) is 4.90 Å². The molecule has 0 unspecified atom stereocenters. The number of likely N-dealkylation sites (N-methyl/N-ethyl adjacent to an activating group) is 1. The molecule has 1 heterocycles. The van der Waals surface area contributed by atoms with Crippen molar-refractivity contribution in [2.24, 2.45) is 0 Å². The Hall–Kier alpha value is -0.0800. The summed E-state index contributed by atoms with van der Waals surface area (Å²) >= 11 is 0. The van der Waals surface area contributed by atoms with Crippen LogP contribution >= 0.6 is 0 Å². The predicted molar refractivity (Wildman–Crippen MR) is 53.4 cm³/mol. The second kappa shape index (κ2) is 4.83. The molecule has 0 spiro atoms. The van der Waals surface area contributed by atoms with Gasteiger partial charge in [0.1, 0.15) is 0 Å². The van der Waals surface area contributed by atoms with E-state index in [9.17, 15) is 0 Å². The molecule has 0 bridgehead atoms. The third-order valence-corrected chi connectivity index (χ3v) is 2.72. The number of nitrogens with zero attached hydrogens (tertiary/aromatic N) is 1. The van der Waals surface area contributed by atoms with Gasteiger partial charge in [-0.05, 0) is 39.8 Å². The third-order valence-electron chi connectivity index (χ3n) is 2.72. The van der Waals surface area contributed by atoms with Crippen LogP contribution in [0.1, 0.15) is 33.6 Å². The molecule has 0 radical (unpaired) electrons. The predicted octanol–water partition coefficient (Wildman–Crippen LogP) is 1.47. The van der Waals surface area contributed by atoms with E-state index in [2.05, 4.69) is 31.0 Å². The van der Waals surface area contributed by atoms with Crippen molar-refractivity contribution in [2.45, 2.75) is 45.7 Å². The van der Waals surface area contributed by atoms with E-state index in [0.717, 1.165) is 18.6 Å². The van der Waals surface area contributed by atoms with E-state index in [0.29, 0.717) is 0 Å². The van der Waals surface area contributed by atoms with E-state index in [4.69, 9.17) is 0 Å². The zero-order valence-electron chi connectivity index (χ0n) is 8.64. The lowest BCUT2D eigenvalue weighted by Crippen LogP contribution is -2.41. The van der Waals surface area contributed by atoms with Gasteiger partial charge in [0.15, 0.2) is 0 Å². The van der Waals surface area contributed by atoms with Gasteiger partial charge in [-0.2, -0.15) is 0 Å². The minimum atomic E-state index is 0.719. The van der Waals surface area contributed by atoms with Gasteiger partial charge in [-0.25, -0.2) is 0 Å². The zero-order valence-corrected chi connectivity index (χ0v) is 8.64. The lowest BCUT2D eigenvalue weighted by Gasteiger charge is -2.28. The average Bonchev–Trinajstić information content (AvgIpc) is 2.48. The van der Waals surface area contributed by atoms with Gasteiger partial charge >= 0.3 is 0 Å². The quantitative estimate of drug-likeness (QED) is 0.687. The van der Waals surface area contributed by atoms with Gasteiger partial charge in [0.2, 0.25) is 0 Å². The summed E-state index contributed by atoms with van der Waals surface area (Å²) in [6.45, 7) is 10.3. The first-order valence-electron chi connectivity index (χ1n) is 5.22. The molecule has 0 aromatic heterocycles. The molecule has 2 heteroatoms. The summed E-state index contributed by atoms with van der Waals surface area (Å²) in [7, 11) is 0. The van der Waals surface area contributed by atoms with Gasteiger partial charge < -0.3 is 5.32 Å². The van der Waals surface area contributed by atoms with Crippen LogP contribution < -0.4 is 5.32 Å². The Labute approximate surface area is 76.3 Å². The molecule has 12 heavy (non-hydrogen) atoms. The maximum Gasteiger partial charge on any atom is 0.0223 e. The summed E-state index contributed by atoms with van der Waals surface area (Å²) in [6, 6.07) is 1.51. The summed E-state index contributed by atoms with van der Waals surface area (Å²) in [6.07, 6.45) is 2.76. The maximum absolute atomic E-state index is 3.43. The molecule has 1 atom stereocenters. The molecule has 1 saturated heterocycles. The normalized spacial score (nSPS) is 25.5. The van der Waals surface area contributed by atoms with Crippen molar-refractivity contribution in [3.05, 3.63) is 0 Å². The van der Waals surface area contributed by atoms with Crippen molar-refractivity contribution >= 4 is 0 Å². The van der Waals surface area contributed by atoms with E-state index < -0.39 is 0 Å². The second-order valence-corrected chi connectivity index (χ2v) is 3.94. The molecule has 0 aromatic carbocycles. The lowest BCUT2D eigenvalue weighted by atomic mass is 10.2. The average molecular weight is 170 g/mol. The maximum atomic E-state index is 3.43. The molecule has 72 valence electrons. The van der Waals surface area contributed by atoms with Crippen LogP contribution in [0.4, 0.5) is 0 Å². The number of likely N-dealkylation sites (tertiary alicyclic amines) is 1. The van der Waals surface area contributed by atoms with E-state index in [1.165, 1.54) is 25.9 Å². The fourth-order valence-electron chi connectivity index (χ4n) is 2.07. The van der Waals surface area contributed by atoms with Crippen LogP contribution in [0.5, 0.6) is 0 Å². The van der Waals surface area contributed by atoms with Gasteiger partial charge in [0.25, 0.3) is 0 Å². The van der Waals surface area contributed by atoms with Crippen molar-refractivity contribution in [2.75, 3.05) is 19.6 Å². The Morgan fingerprint density at radius 3 is 2.83 bits per heavy atom. The Bertz CT molecular complexity index is 123. The molecule has 2 nitrogen and oxygen atoms in total. The second-order valence-electron chi connectivity index (χ2n) is 3.94. The Balaban J connectivity index is 2.30. The van der Waals surface area contributed by atoms with Crippen LogP contribution in [0.2, 0.25) is 0 Å². The van der Waals surface area contributed by atoms with Crippen LogP contribution in [-0.4, -0.2) is 36.6 Å². The molecule has 0 amide bonds. The highest BCUT2D eigenvalue weighted by molar-refractivity contribution is 4.82. The SMILES string of the molecule is CCNC[C@H]1CCCN1C(C)C. The third kappa shape index (κ3) is 2.46. The van der Waals surface area contributed by atoms with Crippen LogP contribution in [0.15, 0.2) is 0 Å². The smallest absolute Gasteiger partial charge is 0.0223 e. The van der Waals surface area contributed by atoms with E-state index in [-0.39, 0.29) is 0 Å². The summed E-state index contributed by atoms with van der Waals surface area (Å²) in [5, 5.41) is 3.43. The van der Waals surface area contributed by atoms with Gasteiger partial charge in [0.05, 0.1) is 0 Å². The molecule has 1 rings (SSSR count). The zero-order chi connectivity index (χ0) is 8.97. The topological polar surface area (TPSA) is 15.3 Å². The van der Waals surface area contributed by atoms with Crippen molar-refractivity contribution in [3.8, 4) is 0 Å². The van der Waals surface area contributed by atoms with Crippen LogP contribution in [0.3, 0.4) is 0 Å². The van der Waals surface area contributed by atoms with Crippen molar-refractivity contribution in [1.29, 1.82) is 0 Å². The Morgan fingerprint density at radius 2 is 2.25 bits per heavy atom. The van der Waals surface area contributed by atoms with Crippen LogP contribution in [0, 0.1) is 0 Å². The van der Waals surface area contributed by atoms with E-state index >= 15 is 0 Å². The lowest BCUT2D eigenvalue weighted by molar-refractivity contribution is 0.200. The number of hydrogen-bond donors (Lipinski definition) is 1. The summed E-state index contributed by atoms with van der Waals surface area (Å²) in [5.41, 5.74) is 0. The van der Waals surface area contributed by atoms with E-state index in [1.807, 2.05) is 0 Å². The highest BCUT2D eigenvalue weighted by Crippen LogP contribution is 2.18. The summed E-state index contributed by atoms with van der Waals surface area (Å²) in [4.78, 5) is 2.61. The number of rotatable bonds is 4. The molecule has 1 aliphatic heterocycles. The molecular formula is C10H22N2. The Kier molecular flexibility index (Phi) is 4.02. The van der Waals surface area contributed by atoms with Gasteiger partial charge in [-0.1, -0.05) is 6.92 Å². The molecule has 1 fully saturated rings. The fourth-order valence-corrected chi connectivity index (χ4v) is 2.07. The summed E-state index contributed by atoms with van der Waals surface area (Å²) < 4.78 is 0. The largest absolute Gasteiger partial charge is 0.315 e. The minimum Gasteiger partial charge on any atom is -0.315 e. The van der Waals surface area contributed by atoms with Crippen molar-refractivity contribution in [3.63, 3.8) is 0 Å². The summed E-state index contributed by atoms with van der Waals surface area (Å²) in [5.74, 6) is 0. The van der Waals surface area contributed by atoms with Crippen LogP contribution in [-0.2, 0) is 0 Å². The molecule has 1 N–H and O–H groups in total. The first kappa shape index (κ1) is 10.0. The molecular weight excluding hydrogens is 148 g/mol. The van der Waals surface area contributed by atoms with Gasteiger partial charge in [0, 0.05) is 18.6 Å². The molecule has 0 aromatic rings. The van der Waals surface area contributed by atoms with E-state index in [1.54, 1.807) is 0 Å². The van der Waals surface area contributed by atoms with Crippen molar-refractivity contribution in [1.82, 2.24) is 10.2 Å². The molecule has 1 aliphatic rings. The highest BCUT2D eigenvalue weighted by Gasteiger charge is 2.25. The number of nitrogens with one attached hydrogen (secondary N) is 1. The highest BCUT2D eigenvalue weighted by atomic mass is 15.2. The van der Waals surface area contributed by atoms with Crippen molar-refractivity contribution < 1.29 is 0 Å². The Morgan fingerprint density at radius 1 is 1.50 bits per heavy atom. The number of hydrogen-bond acceptors (Lipinski definition) is 2.